The van der Waals surface area contributed by atoms with E-state index in [1.54, 1.807) is 18.2 Å². The largest absolute Gasteiger partial charge is 0.491 e. The van der Waals surface area contributed by atoms with E-state index in [-0.39, 0.29) is 11.5 Å². The van der Waals surface area contributed by atoms with Crippen molar-refractivity contribution in [2.24, 2.45) is 0 Å². The van der Waals surface area contributed by atoms with Crippen LogP contribution in [0.25, 0.3) is 22.3 Å². The second-order valence-corrected chi connectivity index (χ2v) is 9.14. The second-order valence-electron chi connectivity index (χ2n) is 9.14. The molecule has 0 aliphatic carbocycles. The number of epoxide rings is 1. The van der Waals surface area contributed by atoms with Gasteiger partial charge in [0.15, 0.2) is 5.43 Å². The Hall–Kier alpha value is -4.55. The third kappa shape index (κ3) is 5.88. The molecule has 6 rings (SSSR count). The topological polar surface area (TPSA) is 70.4 Å². The monoisotopic (exact) mass is 506 g/mol. The predicted octanol–water partition coefficient (Wildman–Crippen LogP) is 6.40. The van der Waals surface area contributed by atoms with Crippen molar-refractivity contribution in [3.63, 3.8) is 0 Å². The zero-order chi connectivity index (χ0) is 25.7. The molecule has 190 valence electrons. The van der Waals surface area contributed by atoms with Crippen LogP contribution in [0.4, 0.5) is 0 Å². The molecule has 0 amide bonds. The summed E-state index contributed by atoms with van der Waals surface area (Å²) in [5.74, 6) is 2.26. The molecule has 2 heterocycles. The van der Waals surface area contributed by atoms with Gasteiger partial charge in [0.2, 0.25) is 0 Å². The number of hydrogen-bond acceptors (Lipinski definition) is 6. The van der Waals surface area contributed by atoms with Crippen molar-refractivity contribution < 1.29 is 23.4 Å². The van der Waals surface area contributed by atoms with Crippen LogP contribution in [0.5, 0.6) is 17.2 Å². The Morgan fingerprint density at radius 1 is 0.684 bits per heavy atom. The highest BCUT2D eigenvalue weighted by molar-refractivity contribution is 5.80. The Bertz CT molecular complexity index is 1530. The first-order valence-corrected chi connectivity index (χ1v) is 12.5. The van der Waals surface area contributed by atoms with E-state index in [1.807, 2.05) is 78.9 Å². The minimum Gasteiger partial charge on any atom is -0.491 e. The summed E-state index contributed by atoms with van der Waals surface area (Å²) in [7, 11) is 0. The molecule has 0 N–H and O–H groups in total. The summed E-state index contributed by atoms with van der Waals surface area (Å²) < 4.78 is 29.4. The van der Waals surface area contributed by atoms with Crippen LogP contribution < -0.4 is 19.6 Å². The van der Waals surface area contributed by atoms with Gasteiger partial charge in [0.05, 0.1) is 12.0 Å². The molecule has 1 aliphatic heterocycles. The van der Waals surface area contributed by atoms with E-state index < -0.39 is 0 Å². The van der Waals surface area contributed by atoms with Gasteiger partial charge in [-0.05, 0) is 35.4 Å². The molecule has 0 unspecified atom stereocenters. The van der Waals surface area contributed by atoms with Gasteiger partial charge in [-0.3, -0.25) is 4.79 Å². The first-order chi connectivity index (χ1) is 18.7. The molecule has 4 aromatic carbocycles. The molecule has 6 nitrogen and oxygen atoms in total. The highest BCUT2D eigenvalue weighted by Crippen LogP contribution is 2.32. The summed E-state index contributed by atoms with van der Waals surface area (Å²) >= 11 is 0. The third-order valence-electron chi connectivity index (χ3n) is 6.20. The van der Waals surface area contributed by atoms with Gasteiger partial charge in [0.25, 0.3) is 0 Å². The van der Waals surface area contributed by atoms with E-state index in [0.29, 0.717) is 66.0 Å². The lowest BCUT2D eigenvalue weighted by Crippen LogP contribution is -2.05. The van der Waals surface area contributed by atoms with E-state index >= 15 is 0 Å². The number of ether oxygens (including phenoxy) is 4. The molecule has 38 heavy (non-hydrogen) atoms. The fourth-order valence-electron chi connectivity index (χ4n) is 4.08. The van der Waals surface area contributed by atoms with Crippen molar-refractivity contribution in [2.45, 2.75) is 19.3 Å². The third-order valence-corrected chi connectivity index (χ3v) is 6.20. The maximum absolute atomic E-state index is 13.0. The summed E-state index contributed by atoms with van der Waals surface area (Å²) in [6.45, 7) is 1.98. The maximum atomic E-state index is 13.0. The minimum absolute atomic E-state index is 0.136. The van der Waals surface area contributed by atoms with Crippen LogP contribution >= 0.6 is 0 Å². The number of rotatable bonds is 10. The average molecular weight is 507 g/mol. The molecule has 0 saturated carbocycles. The first kappa shape index (κ1) is 23.8. The van der Waals surface area contributed by atoms with Gasteiger partial charge < -0.3 is 23.4 Å². The molecule has 1 fully saturated rings. The molecule has 1 atom stereocenters. The van der Waals surface area contributed by atoms with E-state index in [4.69, 9.17) is 23.4 Å². The summed E-state index contributed by atoms with van der Waals surface area (Å²) in [4.78, 5) is 13.0. The predicted molar refractivity (Wildman–Crippen MR) is 145 cm³/mol. The van der Waals surface area contributed by atoms with Crippen molar-refractivity contribution in [3.8, 4) is 28.6 Å². The van der Waals surface area contributed by atoms with E-state index in [9.17, 15) is 4.79 Å². The zero-order valence-electron chi connectivity index (χ0n) is 20.7. The smallest absolute Gasteiger partial charge is 0.193 e. The van der Waals surface area contributed by atoms with Gasteiger partial charge in [-0.1, -0.05) is 60.7 Å². The standard InChI is InChI=1S/C32H26O6/c33-30-17-31(38-32-16-25(11-12-29(30)32)36-20-28-21-37-28)24-13-26(34-18-22-7-3-1-4-8-22)15-27(14-24)35-19-23-9-5-2-6-10-23/h1-17,28H,18-21H2/t28-/m0/s1. The Morgan fingerprint density at radius 2 is 1.32 bits per heavy atom. The first-order valence-electron chi connectivity index (χ1n) is 12.5. The number of fused-ring (bicyclic) bond motifs is 1. The van der Waals surface area contributed by atoms with Crippen molar-refractivity contribution in [1.82, 2.24) is 0 Å². The van der Waals surface area contributed by atoms with Gasteiger partial charge in [0.1, 0.15) is 54.5 Å². The van der Waals surface area contributed by atoms with Gasteiger partial charge in [-0.2, -0.15) is 0 Å². The van der Waals surface area contributed by atoms with Gasteiger partial charge in [-0.15, -0.1) is 0 Å². The fourth-order valence-corrected chi connectivity index (χ4v) is 4.08. The molecular formula is C32H26O6. The van der Waals surface area contributed by atoms with Crippen molar-refractivity contribution in [3.05, 3.63) is 124 Å². The summed E-state index contributed by atoms with van der Waals surface area (Å²) in [5, 5.41) is 0.487. The minimum atomic E-state index is -0.138. The number of hydrogen-bond donors (Lipinski definition) is 0. The van der Waals surface area contributed by atoms with Gasteiger partial charge in [0, 0.05) is 23.8 Å². The Morgan fingerprint density at radius 3 is 1.92 bits per heavy atom. The van der Waals surface area contributed by atoms with E-state index in [2.05, 4.69) is 0 Å². The summed E-state index contributed by atoms with van der Waals surface area (Å²) in [6.07, 6.45) is 0.136. The van der Waals surface area contributed by atoms with Crippen LogP contribution in [0, 0.1) is 0 Å². The van der Waals surface area contributed by atoms with E-state index in [0.717, 1.165) is 11.1 Å². The lowest BCUT2D eigenvalue weighted by molar-refractivity contribution is 0.263. The number of benzene rings is 4. The fraction of sp³-hybridized carbons (Fsp3) is 0.156. The summed E-state index contributed by atoms with van der Waals surface area (Å²) in [5.41, 5.74) is 3.08. The molecule has 5 aromatic rings. The van der Waals surface area contributed by atoms with Crippen LogP contribution in [0.3, 0.4) is 0 Å². The normalized spacial score (nSPS) is 14.3. The average Bonchev–Trinajstić information content (AvgIpc) is 3.79. The van der Waals surface area contributed by atoms with Crippen molar-refractivity contribution >= 4 is 11.0 Å². The summed E-state index contributed by atoms with van der Waals surface area (Å²) in [6, 6.07) is 32.2. The maximum Gasteiger partial charge on any atom is 0.193 e. The van der Waals surface area contributed by atoms with Crippen LogP contribution in [0.15, 0.2) is 112 Å². The van der Waals surface area contributed by atoms with Crippen molar-refractivity contribution in [1.29, 1.82) is 0 Å². The second kappa shape index (κ2) is 10.8. The lowest BCUT2D eigenvalue weighted by Gasteiger charge is -2.13. The van der Waals surface area contributed by atoms with Crippen LogP contribution in [0.2, 0.25) is 0 Å². The lowest BCUT2D eigenvalue weighted by atomic mass is 10.1. The molecule has 1 aliphatic rings. The quantitative estimate of drug-likeness (QED) is 0.204. The van der Waals surface area contributed by atoms with Crippen LogP contribution in [0.1, 0.15) is 11.1 Å². The van der Waals surface area contributed by atoms with E-state index in [1.165, 1.54) is 6.07 Å². The molecule has 0 bridgehead atoms. The Labute approximate surface area is 220 Å². The molecule has 6 heteroatoms. The van der Waals surface area contributed by atoms with Crippen LogP contribution in [-0.2, 0) is 18.0 Å². The SMILES string of the molecule is O=c1cc(-c2cc(OCc3ccccc3)cc(OCc3ccccc3)c2)oc2cc(OC[C@H]3CO3)ccc12. The zero-order valence-corrected chi connectivity index (χ0v) is 20.7. The molecule has 0 spiro atoms. The molecular weight excluding hydrogens is 480 g/mol. The molecule has 1 saturated heterocycles. The molecule has 0 radical (unpaired) electrons. The highest BCUT2D eigenvalue weighted by atomic mass is 16.6. The highest BCUT2D eigenvalue weighted by Gasteiger charge is 2.23. The van der Waals surface area contributed by atoms with Crippen molar-refractivity contribution in [2.75, 3.05) is 13.2 Å². The van der Waals surface area contributed by atoms with Gasteiger partial charge >= 0.3 is 0 Å². The Balaban J connectivity index is 1.32. The van der Waals surface area contributed by atoms with Crippen LogP contribution in [-0.4, -0.2) is 19.3 Å². The van der Waals surface area contributed by atoms with Gasteiger partial charge in [-0.25, -0.2) is 0 Å². The Kier molecular flexibility index (Phi) is 6.79. The molecule has 1 aromatic heterocycles.